The minimum atomic E-state index is -1.24. The van der Waals surface area contributed by atoms with Gasteiger partial charge in [0.15, 0.2) is 0 Å². The first-order chi connectivity index (χ1) is 8.99. The molecule has 0 spiro atoms. The Balaban J connectivity index is 3.04. The first kappa shape index (κ1) is 13.2. The number of aliphatic hydroxyl groups excluding tert-OH is 1. The van der Waals surface area contributed by atoms with Gasteiger partial charge in [-0.15, -0.1) is 0 Å². The highest BCUT2D eigenvalue weighted by atomic mass is 19.1. The van der Waals surface area contributed by atoms with Crippen LogP contribution in [0.2, 0.25) is 0 Å². The van der Waals surface area contributed by atoms with E-state index in [1.807, 2.05) is 0 Å². The Morgan fingerprint density at radius 3 is 2.68 bits per heavy atom. The Bertz CT molecular complexity index is 721. The van der Waals surface area contributed by atoms with E-state index in [4.69, 9.17) is 5.11 Å². The molecule has 5 nitrogen and oxygen atoms in total. The molecule has 2 aromatic rings. The van der Waals surface area contributed by atoms with Crippen molar-refractivity contribution >= 4 is 16.7 Å². The van der Waals surface area contributed by atoms with Crippen LogP contribution in [0.25, 0.3) is 10.8 Å². The van der Waals surface area contributed by atoms with Crippen molar-refractivity contribution < 1.29 is 19.4 Å². The maximum absolute atomic E-state index is 13.8. The molecular weight excluding hydrogens is 253 g/mol. The smallest absolute Gasteiger partial charge is 0.338 e. The number of carboxylic acids is 1. The van der Waals surface area contributed by atoms with Gasteiger partial charge >= 0.3 is 5.97 Å². The molecule has 0 aliphatic carbocycles. The van der Waals surface area contributed by atoms with Crippen LogP contribution in [0.4, 0.5) is 4.39 Å². The van der Waals surface area contributed by atoms with Gasteiger partial charge < -0.3 is 14.8 Å². The number of nitrogens with zero attached hydrogens (tertiary/aromatic N) is 1. The van der Waals surface area contributed by atoms with E-state index in [2.05, 4.69) is 0 Å². The minimum Gasteiger partial charge on any atom is -0.478 e. The number of carbonyl (C=O) groups is 1. The van der Waals surface area contributed by atoms with Crippen molar-refractivity contribution in [2.24, 2.45) is 0 Å². The van der Waals surface area contributed by atoms with Crippen molar-refractivity contribution in [1.29, 1.82) is 0 Å². The van der Waals surface area contributed by atoms with Gasteiger partial charge in [-0.25, -0.2) is 9.18 Å². The van der Waals surface area contributed by atoms with Crippen LogP contribution >= 0.6 is 0 Å². The summed E-state index contributed by atoms with van der Waals surface area (Å²) in [6, 6.07) is 3.87. The van der Waals surface area contributed by atoms with E-state index in [-0.39, 0.29) is 35.2 Å². The van der Waals surface area contributed by atoms with Gasteiger partial charge in [-0.05, 0) is 13.0 Å². The molecule has 1 aromatic heterocycles. The number of aliphatic hydroxyl groups is 1. The monoisotopic (exact) mass is 265 g/mol. The third-order valence-corrected chi connectivity index (χ3v) is 3.05. The number of aromatic carboxylic acids is 1. The molecule has 0 radical (unpaired) electrons. The standard InChI is InChI=1S/C13H12FNO4/c1-7-10(13(18)19)8-3-2-4-9(14)11(8)12(17)15(7)5-6-16/h2-4,16H,5-6H2,1H3,(H,18,19). The molecule has 1 heterocycles. The first-order valence-electron chi connectivity index (χ1n) is 5.64. The van der Waals surface area contributed by atoms with Crippen LogP contribution in [0.5, 0.6) is 0 Å². The van der Waals surface area contributed by atoms with Crippen molar-refractivity contribution in [3.05, 3.63) is 45.6 Å². The molecule has 2 N–H and O–H groups in total. The van der Waals surface area contributed by atoms with Crippen LogP contribution in [0.15, 0.2) is 23.0 Å². The average molecular weight is 265 g/mol. The molecule has 19 heavy (non-hydrogen) atoms. The minimum absolute atomic E-state index is 0.0733. The normalized spacial score (nSPS) is 10.9. The first-order valence-corrected chi connectivity index (χ1v) is 5.64. The van der Waals surface area contributed by atoms with E-state index in [0.717, 1.165) is 10.6 Å². The highest BCUT2D eigenvalue weighted by Gasteiger charge is 2.20. The summed E-state index contributed by atoms with van der Waals surface area (Å²) in [5, 5.41) is 18.0. The molecule has 0 aliphatic rings. The predicted octanol–water partition coefficient (Wildman–Crippen LogP) is 1.14. The SMILES string of the molecule is Cc1c(C(=O)O)c2cccc(F)c2c(=O)n1CCO. The van der Waals surface area contributed by atoms with Crippen molar-refractivity contribution in [3.8, 4) is 0 Å². The van der Waals surface area contributed by atoms with Crippen molar-refractivity contribution in [1.82, 2.24) is 4.57 Å². The Hall–Kier alpha value is -2.21. The van der Waals surface area contributed by atoms with Gasteiger partial charge in [0.25, 0.3) is 5.56 Å². The van der Waals surface area contributed by atoms with E-state index in [1.165, 1.54) is 19.1 Å². The van der Waals surface area contributed by atoms with E-state index in [9.17, 15) is 19.1 Å². The number of rotatable bonds is 3. The molecule has 0 bridgehead atoms. The number of pyridine rings is 1. The third-order valence-electron chi connectivity index (χ3n) is 3.05. The molecule has 2 rings (SSSR count). The Labute approximate surface area is 107 Å². The average Bonchev–Trinajstić information content (AvgIpc) is 2.34. The van der Waals surface area contributed by atoms with Crippen LogP contribution in [0, 0.1) is 12.7 Å². The number of carboxylic acid groups (broad SMARTS) is 1. The molecule has 0 saturated heterocycles. The van der Waals surface area contributed by atoms with Gasteiger partial charge in [-0.2, -0.15) is 0 Å². The van der Waals surface area contributed by atoms with E-state index >= 15 is 0 Å². The molecule has 1 aromatic carbocycles. The maximum atomic E-state index is 13.8. The molecule has 0 unspecified atom stereocenters. The van der Waals surface area contributed by atoms with Crippen LogP contribution < -0.4 is 5.56 Å². The third kappa shape index (κ3) is 2.00. The van der Waals surface area contributed by atoms with Crippen LogP contribution in [0.1, 0.15) is 16.1 Å². The molecule has 100 valence electrons. The predicted molar refractivity (Wildman–Crippen MR) is 66.9 cm³/mol. The van der Waals surface area contributed by atoms with Crippen LogP contribution in [-0.4, -0.2) is 27.4 Å². The molecule has 0 aliphatic heterocycles. The molecule has 0 fully saturated rings. The lowest BCUT2D eigenvalue weighted by Crippen LogP contribution is -2.27. The van der Waals surface area contributed by atoms with Crippen LogP contribution in [0.3, 0.4) is 0 Å². The second-order valence-electron chi connectivity index (χ2n) is 4.11. The summed E-state index contributed by atoms with van der Waals surface area (Å²) in [5.74, 6) is -2.00. The number of benzene rings is 1. The molecule has 0 amide bonds. The molecular formula is C13H12FNO4. The summed E-state index contributed by atoms with van der Waals surface area (Å²) >= 11 is 0. The van der Waals surface area contributed by atoms with Gasteiger partial charge in [0.2, 0.25) is 0 Å². The quantitative estimate of drug-likeness (QED) is 0.872. The van der Waals surface area contributed by atoms with Crippen LogP contribution in [-0.2, 0) is 6.54 Å². The largest absolute Gasteiger partial charge is 0.478 e. The number of aromatic nitrogens is 1. The fourth-order valence-corrected chi connectivity index (χ4v) is 2.21. The van der Waals surface area contributed by atoms with Crippen molar-refractivity contribution in [3.63, 3.8) is 0 Å². The summed E-state index contributed by atoms with van der Waals surface area (Å²) in [6.07, 6.45) is 0. The number of halogens is 1. The lowest BCUT2D eigenvalue weighted by Gasteiger charge is -2.14. The summed E-state index contributed by atoms with van der Waals surface area (Å²) in [5.41, 5.74) is -0.558. The summed E-state index contributed by atoms with van der Waals surface area (Å²) < 4.78 is 14.9. The van der Waals surface area contributed by atoms with E-state index in [0.29, 0.717) is 0 Å². The Morgan fingerprint density at radius 1 is 1.42 bits per heavy atom. The van der Waals surface area contributed by atoms with Crippen molar-refractivity contribution in [2.75, 3.05) is 6.61 Å². The zero-order valence-electron chi connectivity index (χ0n) is 10.2. The number of hydrogen-bond acceptors (Lipinski definition) is 3. The lowest BCUT2D eigenvalue weighted by molar-refractivity contribution is 0.0697. The maximum Gasteiger partial charge on any atom is 0.338 e. The molecule has 0 saturated carbocycles. The van der Waals surface area contributed by atoms with Gasteiger partial charge in [0.1, 0.15) is 5.82 Å². The second-order valence-corrected chi connectivity index (χ2v) is 4.11. The number of fused-ring (bicyclic) bond motifs is 1. The van der Waals surface area contributed by atoms with Crippen molar-refractivity contribution in [2.45, 2.75) is 13.5 Å². The second kappa shape index (κ2) is 4.81. The molecule has 0 atom stereocenters. The van der Waals surface area contributed by atoms with Gasteiger partial charge in [-0.3, -0.25) is 4.79 Å². The zero-order chi connectivity index (χ0) is 14.2. The highest BCUT2D eigenvalue weighted by Crippen LogP contribution is 2.21. The summed E-state index contributed by atoms with van der Waals surface area (Å²) in [7, 11) is 0. The van der Waals surface area contributed by atoms with E-state index in [1.54, 1.807) is 0 Å². The van der Waals surface area contributed by atoms with Gasteiger partial charge in [0.05, 0.1) is 17.6 Å². The fourth-order valence-electron chi connectivity index (χ4n) is 2.21. The molecule has 6 heteroatoms. The Kier molecular flexibility index (Phi) is 3.35. The lowest BCUT2D eigenvalue weighted by atomic mass is 10.0. The van der Waals surface area contributed by atoms with Gasteiger partial charge in [0, 0.05) is 17.6 Å². The topological polar surface area (TPSA) is 79.5 Å². The Morgan fingerprint density at radius 2 is 2.11 bits per heavy atom. The zero-order valence-corrected chi connectivity index (χ0v) is 10.2. The van der Waals surface area contributed by atoms with E-state index < -0.39 is 17.3 Å². The number of hydrogen-bond donors (Lipinski definition) is 2. The highest BCUT2D eigenvalue weighted by molar-refractivity contribution is 6.04. The summed E-state index contributed by atoms with van der Waals surface area (Å²) in [4.78, 5) is 23.5. The summed E-state index contributed by atoms with van der Waals surface area (Å²) in [6.45, 7) is 1.06. The fraction of sp³-hybridized carbons (Fsp3) is 0.231. The van der Waals surface area contributed by atoms with Gasteiger partial charge in [-0.1, -0.05) is 12.1 Å².